The molecule has 1 rings (SSSR count). The average Bonchev–Trinajstić information content (AvgIpc) is 2.19. The summed E-state index contributed by atoms with van der Waals surface area (Å²) in [5.74, 6) is -0.166. The van der Waals surface area contributed by atoms with Gasteiger partial charge in [0.05, 0.1) is 6.10 Å². The van der Waals surface area contributed by atoms with E-state index in [0.29, 0.717) is 12.1 Å². The molecular formula is C13H20FNO. The van der Waals surface area contributed by atoms with Crippen molar-refractivity contribution in [2.24, 2.45) is 0 Å². The third kappa shape index (κ3) is 4.29. The number of aryl methyl sites for hydroxylation is 1. The summed E-state index contributed by atoms with van der Waals surface area (Å²) in [6, 6.07) is 5.37. The van der Waals surface area contributed by atoms with Gasteiger partial charge < -0.3 is 10.4 Å². The van der Waals surface area contributed by atoms with Gasteiger partial charge in [-0.15, -0.1) is 0 Å². The van der Waals surface area contributed by atoms with Crippen molar-refractivity contribution in [3.05, 3.63) is 35.1 Å². The Morgan fingerprint density at radius 1 is 1.38 bits per heavy atom. The van der Waals surface area contributed by atoms with Crippen LogP contribution in [0.25, 0.3) is 0 Å². The second-order valence-corrected chi connectivity index (χ2v) is 4.45. The molecule has 2 unspecified atom stereocenters. The van der Waals surface area contributed by atoms with E-state index in [1.165, 1.54) is 6.07 Å². The van der Waals surface area contributed by atoms with Crippen LogP contribution in [-0.2, 0) is 6.54 Å². The van der Waals surface area contributed by atoms with Gasteiger partial charge in [0, 0.05) is 12.6 Å². The molecule has 0 saturated heterocycles. The Kier molecular flexibility index (Phi) is 4.90. The lowest BCUT2D eigenvalue weighted by molar-refractivity contribution is 0.170. The number of aliphatic hydroxyl groups is 1. The summed E-state index contributed by atoms with van der Waals surface area (Å²) in [6.07, 6.45) is 0.428. The van der Waals surface area contributed by atoms with Gasteiger partial charge in [0.1, 0.15) is 5.82 Å². The molecule has 90 valence electrons. The van der Waals surface area contributed by atoms with Crippen LogP contribution >= 0.6 is 0 Å². The number of halogens is 1. The zero-order valence-electron chi connectivity index (χ0n) is 10.1. The normalized spacial score (nSPS) is 14.8. The summed E-state index contributed by atoms with van der Waals surface area (Å²) in [7, 11) is 0. The molecule has 0 fully saturated rings. The van der Waals surface area contributed by atoms with Crippen molar-refractivity contribution < 1.29 is 9.50 Å². The van der Waals surface area contributed by atoms with E-state index in [1.807, 2.05) is 13.0 Å². The van der Waals surface area contributed by atoms with Crippen LogP contribution in [0.2, 0.25) is 0 Å². The second-order valence-electron chi connectivity index (χ2n) is 4.45. The third-order valence-corrected chi connectivity index (χ3v) is 2.57. The fraction of sp³-hybridized carbons (Fsp3) is 0.538. The van der Waals surface area contributed by atoms with Crippen LogP contribution in [0.3, 0.4) is 0 Å². The predicted molar refractivity (Wildman–Crippen MR) is 63.7 cm³/mol. The minimum absolute atomic E-state index is 0.166. The van der Waals surface area contributed by atoms with E-state index in [0.717, 1.165) is 12.0 Å². The lowest BCUT2D eigenvalue weighted by Crippen LogP contribution is -2.28. The first kappa shape index (κ1) is 13.1. The van der Waals surface area contributed by atoms with E-state index in [1.54, 1.807) is 19.9 Å². The van der Waals surface area contributed by atoms with E-state index in [4.69, 9.17) is 0 Å². The molecule has 16 heavy (non-hydrogen) atoms. The molecule has 0 saturated carbocycles. The summed E-state index contributed by atoms with van der Waals surface area (Å²) < 4.78 is 13.0. The van der Waals surface area contributed by atoms with Crippen LogP contribution in [0, 0.1) is 12.7 Å². The van der Waals surface area contributed by atoms with Crippen LogP contribution in [0.1, 0.15) is 31.4 Å². The molecule has 0 spiro atoms. The number of rotatable bonds is 5. The highest BCUT2D eigenvalue weighted by Gasteiger charge is 2.05. The Balaban J connectivity index is 2.45. The number of hydrogen-bond acceptors (Lipinski definition) is 2. The lowest BCUT2D eigenvalue weighted by Gasteiger charge is -2.15. The van der Waals surface area contributed by atoms with E-state index >= 15 is 0 Å². The Morgan fingerprint density at radius 2 is 2.06 bits per heavy atom. The van der Waals surface area contributed by atoms with Crippen LogP contribution < -0.4 is 5.32 Å². The van der Waals surface area contributed by atoms with Crippen LogP contribution in [0.4, 0.5) is 4.39 Å². The van der Waals surface area contributed by atoms with Crippen molar-refractivity contribution in [3.63, 3.8) is 0 Å². The molecule has 0 aromatic heterocycles. The maximum absolute atomic E-state index is 13.0. The topological polar surface area (TPSA) is 32.3 Å². The lowest BCUT2D eigenvalue weighted by atomic mass is 10.1. The van der Waals surface area contributed by atoms with Gasteiger partial charge in [-0.3, -0.25) is 0 Å². The van der Waals surface area contributed by atoms with E-state index in [-0.39, 0.29) is 18.0 Å². The summed E-state index contributed by atoms with van der Waals surface area (Å²) in [4.78, 5) is 0. The summed E-state index contributed by atoms with van der Waals surface area (Å²) >= 11 is 0. The predicted octanol–water partition coefficient (Wildman–Crippen LogP) is 2.38. The van der Waals surface area contributed by atoms with Gasteiger partial charge >= 0.3 is 0 Å². The van der Waals surface area contributed by atoms with Crippen LogP contribution in [0.15, 0.2) is 18.2 Å². The Hall–Kier alpha value is -0.930. The molecule has 0 heterocycles. The largest absolute Gasteiger partial charge is 0.393 e. The van der Waals surface area contributed by atoms with Gasteiger partial charge in [-0.2, -0.15) is 0 Å². The Morgan fingerprint density at radius 3 is 2.62 bits per heavy atom. The maximum atomic E-state index is 13.0. The minimum atomic E-state index is -0.294. The van der Waals surface area contributed by atoms with Gasteiger partial charge in [-0.1, -0.05) is 12.1 Å². The zero-order valence-corrected chi connectivity index (χ0v) is 10.1. The summed E-state index contributed by atoms with van der Waals surface area (Å²) in [5, 5.41) is 12.5. The first-order valence-corrected chi connectivity index (χ1v) is 5.65. The number of benzene rings is 1. The van der Waals surface area contributed by atoms with Gasteiger partial charge in [0.25, 0.3) is 0 Å². The summed E-state index contributed by atoms with van der Waals surface area (Å²) in [6.45, 7) is 6.27. The van der Waals surface area contributed by atoms with Gasteiger partial charge in [0.15, 0.2) is 0 Å². The average molecular weight is 225 g/mol. The fourth-order valence-corrected chi connectivity index (χ4v) is 1.70. The molecule has 0 aliphatic carbocycles. The molecule has 0 amide bonds. The van der Waals surface area contributed by atoms with Crippen molar-refractivity contribution in [3.8, 4) is 0 Å². The molecule has 3 heteroatoms. The molecule has 2 atom stereocenters. The van der Waals surface area contributed by atoms with Gasteiger partial charge in [0.2, 0.25) is 0 Å². The fourth-order valence-electron chi connectivity index (χ4n) is 1.70. The van der Waals surface area contributed by atoms with Crippen LogP contribution in [-0.4, -0.2) is 17.3 Å². The number of hydrogen-bond donors (Lipinski definition) is 2. The molecule has 0 radical (unpaired) electrons. The number of aliphatic hydroxyl groups excluding tert-OH is 1. The highest BCUT2D eigenvalue weighted by molar-refractivity contribution is 5.23. The highest BCUT2D eigenvalue weighted by Crippen LogP contribution is 2.09. The highest BCUT2D eigenvalue weighted by atomic mass is 19.1. The summed E-state index contributed by atoms with van der Waals surface area (Å²) in [5.41, 5.74) is 1.74. The molecule has 1 aromatic rings. The minimum Gasteiger partial charge on any atom is -0.393 e. The Bertz CT molecular complexity index is 339. The number of nitrogens with one attached hydrogen (secondary N) is 1. The first-order valence-electron chi connectivity index (χ1n) is 5.65. The van der Waals surface area contributed by atoms with Crippen molar-refractivity contribution in [2.45, 2.75) is 45.9 Å². The molecule has 0 aliphatic heterocycles. The third-order valence-electron chi connectivity index (χ3n) is 2.57. The van der Waals surface area contributed by atoms with Crippen molar-refractivity contribution in [2.75, 3.05) is 0 Å². The molecule has 0 bridgehead atoms. The SMILES string of the molecule is Cc1cc(CNC(C)CC(C)O)ccc1F. The second kappa shape index (κ2) is 5.97. The smallest absolute Gasteiger partial charge is 0.126 e. The van der Waals surface area contributed by atoms with Gasteiger partial charge in [-0.05, 0) is 44.4 Å². The standard InChI is InChI=1S/C13H20FNO/c1-9-6-12(4-5-13(9)14)8-15-10(2)7-11(3)16/h4-6,10-11,15-16H,7-8H2,1-3H3. The van der Waals surface area contributed by atoms with Crippen LogP contribution in [0.5, 0.6) is 0 Å². The van der Waals surface area contributed by atoms with Crippen molar-refractivity contribution >= 4 is 0 Å². The molecule has 2 nitrogen and oxygen atoms in total. The molecule has 0 aliphatic rings. The molecule has 1 aromatic carbocycles. The van der Waals surface area contributed by atoms with E-state index in [2.05, 4.69) is 5.32 Å². The Labute approximate surface area is 96.5 Å². The van der Waals surface area contributed by atoms with Crippen molar-refractivity contribution in [1.29, 1.82) is 0 Å². The monoisotopic (exact) mass is 225 g/mol. The first-order chi connectivity index (χ1) is 7.49. The van der Waals surface area contributed by atoms with E-state index < -0.39 is 0 Å². The van der Waals surface area contributed by atoms with E-state index in [9.17, 15) is 9.50 Å². The van der Waals surface area contributed by atoms with Crippen molar-refractivity contribution in [1.82, 2.24) is 5.32 Å². The zero-order chi connectivity index (χ0) is 12.1. The molecule has 2 N–H and O–H groups in total. The van der Waals surface area contributed by atoms with Gasteiger partial charge in [-0.25, -0.2) is 4.39 Å². The maximum Gasteiger partial charge on any atom is 0.126 e. The quantitative estimate of drug-likeness (QED) is 0.806. The molecular weight excluding hydrogens is 205 g/mol.